The molecule has 0 aliphatic carbocycles. The zero-order valence-corrected chi connectivity index (χ0v) is 16.3. The number of carbonyl (C=O) groups is 2. The van der Waals surface area contributed by atoms with Gasteiger partial charge >= 0.3 is 0 Å². The highest BCUT2D eigenvalue weighted by Crippen LogP contribution is 2.39. The average Bonchev–Trinajstić information content (AvgIpc) is 2.64. The fourth-order valence-corrected chi connectivity index (χ4v) is 4.30. The number of likely N-dealkylation sites (tertiary alicyclic amines) is 2. The van der Waals surface area contributed by atoms with Crippen molar-refractivity contribution in [3.05, 3.63) is 34.3 Å². The molecule has 0 bridgehead atoms. The molecule has 2 fully saturated rings. The quantitative estimate of drug-likeness (QED) is 0.808. The number of hydrogen-bond acceptors (Lipinski definition) is 3. The van der Waals surface area contributed by atoms with Crippen molar-refractivity contribution in [2.24, 2.45) is 5.41 Å². The van der Waals surface area contributed by atoms with E-state index in [1.807, 2.05) is 22.8 Å². The Kier molecular flexibility index (Phi) is 5.88. The number of halogens is 1. The van der Waals surface area contributed by atoms with Crippen LogP contribution in [0.15, 0.2) is 18.2 Å². The van der Waals surface area contributed by atoms with Crippen LogP contribution < -0.4 is 0 Å². The summed E-state index contributed by atoms with van der Waals surface area (Å²) in [6.07, 6.45) is 3.46. The van der Waals surface area contributed by atoms with E-state index in [-0.39, 0.29) is 17.2 Å². The maximum Gasteiger partial charge on any atom is 0.253 e. The van der Waals surface area contributed by atoms with Gasteiger partial charge in [0.1, 0.15) is 0 Å². The van der Waals surface area contributed by atoms with Gasteiger partial charge in [0.2, 0.25) is 5.91 Å². The SMILES string of the molecule is COCCN1C[C@]2(CCCN(C(=O)c3ccc(Cl)c(C)c3)C2)CCC1=O. The second kappa shape index (κ2) is 7.97. The van der Waals surface area contributed by atoms with Crippen LogP contribution in [0.25, 0.3) is 0 Å². The van der Waals surface area contributed by atoms with Gasteiger partial charge in [0.05, 0.1) is 6.61 Å². The summed E-state index contributed by atoms with van der Waals surface area (Å²) < 4.78 is 5.14. The minimum atomic E-state index is 0.0109. The van der Waals surface area contributed by atoms with Crippen molar-refractivity contribution in [1.82, 2.24) is 9.80 Å². The lowest BCUT2D eigenvalue weighted by Crippen LogP contribution is -2.55. The second-order valence-electron chi connectivity index (χ2n) is 7.60. The Hall–Kier alpha value is -1.59. The summed E-state index contributed by atoms with van der Waals surface area (Å²) in [6.45, 7) is 5.30. The largest absolute Gasteiger partial charge is 0.383 e. The summed E-state index contributed by atoms with van der Waals surface area (Å²) in [4.78, 5) is 29.1. The normalized spacial score (nSPS) is 23.6. The summed E-state index contributed by atoms with van der Waals surface area (Å²) >= 11 is 6.09. The zero-order valence-electron chi connectivity index (χ0n) is 15.6. The molecule has 142 valence electrons. The lowest BCUT2D eigenvalue weighted by Gasteiger charge is -2.48. The van der Waals surface area contributed by atoms with Crippen molar-refractivity contribution in [3.63, 3.8) is 0 Å². The molecule has 0 unspecified atom stereocenters. The topological polar surface area (TPSA) is 49.9 Å². The number of nitrogens with zero attached hydrogens (tertiary/aromatic N) is 2. The van der Waals surface area contributed by atoms with Gasteiger partial charge in [-0.25, -0.2) is 0 Å². The van der Waals surface area contributed by atoms with E-state index in [1.165, 1.54) is 0 Å². The summed E-state index contributed by atoms with van der Waals surface area (Å²) in [6, 6.07) is 5.45. The third kappa shape index (κ3) is 4.04. The van der Waals surface area contributed by atoms with E-state index < -0.39 is 0 Å². The van der Waals surface area contributed by atoms with Crippen molar-refractivity contribution in [3.8, 4) is 0 Å². The number of rotatable bonds is 4. The summed E-state index contributed by atoms with van der Waals surface area (Å²) in [7, 11) is 1.65. The van der Waals surface area contributed by atoms with Gasteiger partial charge in [-0.3, -0.25) is 9.59 Å². The third-order valence-corrected chi connectivity index (χ3v) is 6.09. The molecule has 5 nitrogen and oxygen atoms in total. The van der Waals surface area contributed by atoms with Crippen LogP contribution in [0.2, 0.25) is 5.02 Å². The van der Waals surface area contributed by atoms with Gasteiger partial charge in [-0.05, 0) is 49.9 Å². The van der Waals surface area contributed by atoms with Crippen LogP contribution in [0, 0.1) is 12.3 Å². The van der Waals surface area contributed by atoms with E-state index in [1.54, 1.807) is 19.2 Å². The van der Waals surface area contributed by atoms with Gasteiger partial charge in [-0.1, -0.05) is 11.6 Å². The smallest absolute Gasteiger partial charge is 0.253 e. The van der Waals surface area contributed by atoms with Crippen molar-refractivity contribution in [2.75, 3.05) is 39.9 Å². The van der Waals surface area contributed by atoms with E-state index in [2.05, 4.69) is 0 Å². The summed E-state index contributed by atoms with van der Waals surface area (Å²) in [5.74, 6) is 0.258. The number of piperidine rings is 2. The third-order valence-electron chi connectivity index (χ3n) is 5.67. The van der Waals surface area contributed by atoms with Crippen LogP contribution in [0.4, 0.5) is 0 Å². The Bertz CT molecular complexity index is 694. The van der Waals surface area contributed by atoms with E-state index in [9.17, 15) is 9.59 Å². The Morgan fingerprint density at radius 2 is 2.12 bits per heavy atom. The number of methoxy groups -OCH3 is 1. The first-order valence-corrected chi connectivity index (χ1v) is 9.64. The molecule has 0 radical (unpaired) electrons. The maximum atomic E-state index is 13.0. The molecule has 2 aliphatic heterocycles. The van der Waals surface area contributed by atoms with Crippen LogP contribution in [0.5, 0.6) is 0 Å². The van der Waals surface area contributed by atoms with Crippen molar-refractivity contribution in [2.45, 2.75) is 32.6 Å². The molecule has 0 N–H and O–H groups in total. The number of carbonyl (C=O) groups excluding carboxylic acids is 2. The highest BCUT2D eigenvalue weighted by molar-refractivity contribution is 6.31. The lowest BCUT2D eigenvalue weighted by atomic mass is 9.73. The molecular weight excluding hydrogens is 352 g/mol. The fourth-order valence-electron chi connectivity index (χ4n) is 4.18. The molecule has 2 saturated heterocycles. The Balaban J connectivity index is 1.72. The minimum absolute atomic E-state index is 0.0109. The van der Waals surface area contributed by atoms with Crippen molar-refractivity contribution < 1.29 is 14.3 Å². The zero-order chi connectivity index (χ0) is 18.7. The maximum absolute atomic E-state index is 13.0. The van der Waals surface area contributed by atoms with Gasteiger partial charge in [-0.2, -0.15) is 0 Å². The van der Waals surface area contributed by atoms with Crippen molar-refractivity contribution in [1.29, 1.82) is 0 Å². The van der Waals surface area contributed by atoms with Gasteiger partial charge in [0, 0.05) is 55.7 Å². The van der Waals surface area contributed by atoms with E-state index >= 15 is 0 Å². The predicted molar refractivity (Wildman–Crippen MR) is 101 cm³/mol. The number of aryl methyl sites for hydroxylation is 1. The van der Waals surface area contributed by atoms with Crippen LogP contribution in [-0.4, -0.2) is 61.5 Å². The van der Waals surface area contributed by atoms with Gasteiger partial charge < -0.3 is 14.5 Å². The average molecular weight is 379 g/mol. The monoisotopic (exact) mass is 378 g/mol. The van der Waals surface area contributed by atoms with E-state index in [0.29, 0.717) is 36.7 Å². The first-order valence-electron chi connectivity index (χ1n) is 9.26. The molecule has 1 aromatic carbocycles. The van der Waals surface area contributed by atoms with Crippen molar-refractivity contribution >= 4 is 23.4 Å². The minimum Gasteiger partial charge on any atom is -0.383 e. The van der Waals surface area contributed by atoms with E-state index in [4.69, 9.17) is 16.3 Å². The Labute approximate surface area is 160 Å². The van der Waals surface area contributed by atoms with Crippen LogP contribution in [0.1, 0.15) is 41.6 Å². The predicted octanol–water partition coefficient (Wildman–Crippen LogP) is 3.14. The number of amides is 2. The Morgan fingerprint density at radius 1 is 1.31 bits per heavy atom. The van der Waals surface area contributed by atoms with Crippen LogP contribution >= 0.6 is 11.6 Å². The van der Waals surface area contributed by atoms with Gasteiger partial charge in [0.25, 0.3) is 5.91 Å². The second-order valence-corrected chi connectivity index (χ2v) is 8.01. The lowest BCUT2D eigenvalue weighted by molar-refractivity contribution is -0.139. The number of ether oxygens (including phenoxy) is 1. The standard InChI is InChI=1S/C20H27ClN2O3/c1-15-12-16(4-5-17(15)21)19(25)23-9-3-7-20(14-23)8-6-18(24)22(13-20)10-11-26-2/h4-5,12H,3,6-11,13-14H2,1-2H3/t20-/m0/s1. The van der Waals surface area contributed by atoms with Gasteiger partial charge in [-0.15, -0.1) is 0 Å². The first kappa shape index (κ1) is 19.2. The molecule has 2 heterocycles. The van der Waals surface area contributed by atoms with Crippen LogP contribution in [-0.2, 0) is 9.53 Å². The molecule has 3 rings (SSSR count). The molecule has 1 atom stereocenters. The molecule has 1 aromatic rings. The fraction of sp³-hybridized carbons (Fsp3) is 0.600. The first-order chi connectivity index (χ1) is 12.4. The number of benzene rings is 1. The molecule has 6 heteroatoms. The van der Waals surface area contributed by atoms with E-state index in [0.717, 1.165) is 37.9 Å². The van der Waals surface area contributed by atoms with Gasteiger partial charge in [0.15, 0.2) is 0 Å². The molecular formula is C20H27ClN2O3. The van der Waals surface area contributed by atoms with Crippen LogP contribution in [0.3, 0.4) is 0 Å². The molecule has 26 heavy (non-hydrogen) atoms. The molecule has 0 saturated carbocycles. The highest BCUT2D eigenvalue weighted by Gasteiger charge is 2.42. The summed E-state index contributed by atoms with van der Waals surface area (Å²) in [5.41, 5.74) is 1.61. The summed E-state index contributed by atoms with van der Waals surface area (Å²) in [5, 5.41) is 0.677. The Morgan fingerprint density at radius 3 is 2.85 bits per heavy atom. The molecule has 0 aromatic heterocycles. The number of hydrogen-bond donors (Lipinski definition) is 0. The molecule has 2 aliphatic rings. The highest BCUT2D eigenvalue weighted by atomic mass is 35.5. The molecule has 2 amide bonds. The molecule has 1 spiro atoms.